The van der Waals surface area contributed by atoms with Gasteiger partial charge in [-0.15, -0.1) is 0 Å². The van der Waals surface area contributed by atoms with Gasteiger partial charge in [0.1, 0.15) is 6.79 Å². The summed E-state index contributed by atoms with van der Waals surface area (Å²) in [7, 11) is 1.53. The van der Waals surface area contributed by atoms with Gasteiger partial charge < -0.3 is 19.3 Å². The van der Waals surface area contributed by atoms with E-state index >= 15 is 0 Å². The maximum Gasteiger partial charge on any atom is 0.160 e. The van der Waals surface area contributed by atoms with E-state index < -0.39 is 0 Å². The lowest BCUT2D eigenvalue weighted by molar-refractivity contribution is -0.168. The summed E-state index contributed by atoms with van der Waals surface area (Å²) in [5.41, 5.74) is 1.01. The van der Waals surface area contributed by atoms with Crippen LogP contribution in [0.15, 0.2) is 18.2 Å². The zero-order valence-electron chi connectivity index (χ0n) is 9.47. The Kier molecular flexibility index (Phi) is 3.31. The van der Waals surface area contributed by atoms with Crippen molar-refractivity contribution in [3.05, 3.63) is 23.8 Å². The fourth-order valence-corrected chi connectivity index (χ4v) is 1.90. The second-order valence-corrected chi connectivity index (χ2v) is 3.98. The minimum Gasteiger partial charge on any atom is -0.504 e. The van der Waals surface area contributed by atoms with Crippen LogP contribution in [0.2, 0.25) is 0 Å². The number of benzene rings is 1. The zero-order chi connectivity index (χ0) is 11.5. The third-order valence-corrected chi connectivity index (χ3v) is 2.76. The molecule has 0 aliphatic carbocycles. The van der Waals surface area contributed by atoms with Gasteiger partial charge in [0.2, 0.25) is 0 Å². The molecule has 1 saturated heterocycles. The van der Waals surface area contributed by atoms with Gasteiger partial charge >= 0.3 is 0 Å². The van der Waals surface area contributed by atoms with Crippen molar-refractivity contribution < 1.29 is 19.3 Å². The first-order chi connectivity index (χ1) is 7.72. The number of aromatic hydroxyl groups is 1. The summed E-state index contributed by atoms with van der Waals surface area (Å²) in [5.74, 6) is 0.911. The lowest BCUT2D eigenvalue weighted by Gasteiger charge is -2.29. The molecule has 0 spiro atoms. The van der Waals surface area contributed by atoms with Crippen molar-refractivity contribution in [1.82, 2.24) is 0 Å². The van der Waals surface area contributed by atoms with E-state index in [1.54, 1.807) is 6.07 Å². The Morgan fingerprint density at radius 2 is 2.25 bits per heavy atom. The topological polar surface area (TPSA) is 47.9 Å². The van der Waals surface area contributed by atoms with Crippen LogP contribution in [0.4, 0.5) is 0 Å². The molecule has 1 aromatic rings. The van der Waals surface area contributed by atoms with E-state index in [2.05, 4.69) is 6.92 Å². The normalized spacial score (nSPS) is 25.4. The van der Waals surface area contributed by atoms with Crippen molar-refractivity contribution >= 4 is 0 Å². The monoisotopic (exact) mass is 224 g/mol. The SMILES string of the molecule is COc1cc([C@H]2OCOC[C@H]2C)ccc1O. The van der Waals surface area contributed by atoms with Gasteiger partial charge in [0.15, 0.2) is 11.5 Å². The Bertz CT molecular complexity index is 364. The second kappa shape index (κ2) is 4.72. The summed E-state index contributed by atoms with van der Waals surface area (Å²) < 4.78 is 15.8. The fourth-order valence-electron chi connectivity index (χ4n) is 1.90. The first-order valence-electron chi connectivity index (χ1n) is 5.28. The van der Waals surface area contributed by atoms with Crippen LogP contribution in [0.25, 0.3) is 0 Å². The Balaban J connectivity index is 2.25. The van der Waals surface area contributed by atoms with Crippen molar-refractivity contribution in [2.75, 3.05) is 20.5 Å². The molecule has 0 bridgehead atoms. The van der Waals surface area contributed by atoms with Gasteiger partial charge in [-0.2, -0.15) is 0 Å². The highest BCUT2D eigenvalue weighted by molar-refractivity contribution is 5.42. The molecular formula is C12H16O4. The van der Waals surface area contributed by atoms with E-state index in [1.165, 1.54) is 7.11 Å². The molecule has 2 rings (SSSR count). The molecule has 1 heterocycles. The van der Waals surface area contributed by atoms with Gasteiger partial charge in [-0.1, -0.05) is 13.0 Å². The van der Waals surface area contributed by atoms with Crippen molar-refractivity contribution in [2.24, 2.45) is 5.92 Å². The van der Waals surface area contributed by atoms with Gasteiger partial charge in [-0.25, -0.2) is 0 Å². The highest BCUT2D eigenvalue weighted by Gasteiger charge is 2.25. The van der Waals surface area contributed by atoms with E-state index in [0.717, 1.165) is 5.56 Å². The average Bonchev–Trinajstić information content (AvgIpc) is 2.31. The molecule has 1 aliphatic rings. The van der Waals surface area contributed by atoms with Crippen molar-refractivity contribution in [3.63, 3.8) is 0 Å². The van der Waals surface area contributed by atoms with Gasteiger partial charge in [0.25, 0.3) is 0 Å². The molecule has 1 aromatic carbocycles. The zero-order valence-corrected chi connectivity index (χ0v) is 9.47. The van der Waals surface area contributed by atoms with Gasteiger partial charge in [0.05, 0.1) is 19.8 Å². The third-order valence-electron chi connectivity index (χ3n) is 2.76. The van der Waals surface area contributed by atoms with Crippen molar-refractivity contribution in [2.45, 2.75) is 13.0 Å². The highest BCUT2D eigenvalue weighted by Crippen LogP contribution is 2.34. The summed E-state index contributed by atoms with van der Waals surface area (Å²) in [5, 5.41) is 9.51. The second-order valence-electron chi connectivity index (χ2n) is 3.98. The number of phenols is 1. The smallest absolute Gasteiger partial charge is 0.160 e. The Morgan fingerprint density at radius 3 is 2.94 bits per heavy atom. The van der Waals surface area contributed by atoms with E-state index in [4.69, 9.17) is 14.2 Å². The molecule has 0 radical (unpaired) electrons. The molecule has 1 N–H and O–H groups in total. The molecule has 4 heteroatoms. The summed E-state index contributed by atoms with van der Waals surface area (Å²) in [6, 6.07) is 5.28. The van der Waals surface area contributed by atoms with Crippen LogP contribution in [0, 0.1) is 5.92 Å². The summed E-state index contributed by atoms with van der Waals surface area (Å²) in [6.45, 7) is 3.08. The Morgan fingerprint density at radius 1 is 1.44 bits per heavy atom. The molecule has 0 saturated carbocycles. The number of ether oxygens (including phenoxy) is 3. The van der Waals surface area contributed by atoms with Crippen LogP contribution in [-0.4, -0.2) is 25.6 Å². The van der Waals surface area contributed by atoms with Crippen LogP contribution >= 0.6 is 0 Å². The van der Waals surface area contributed by atoms with E-state index in [0.29, 0.717) is 25.1 Å². The summed E-state index contributed by atoms with van der Waals surface area (Å²) >= 11 is 0. The maximum atomic E-state index is 9.51. The van der Waals surface area contributed by atoms with E-state index in [1.807, 2.05) is 12.1 Å². The van der Waals surface area contributed by atoms with Crippen LogP contribution in [0.3, 0.4) is 0 Å². The molecule has 0 aromatic heterocycles. The molecule has 0 amide bonds. The first kappa shape index (κ1) is 11.2. The Labute approximate surface area is 94.8 Å². The molecule has 16 heavy (non-hydrogen) atoms. The Hall–Kier alpha value is -1.26. The third kappa shape index (κ3) is 2.13. The average molecular weight is 224 g/mol. The predicted molar refractivity (Wildman–Crippen MR) is 58.5 cm³/mol. The number of hydrogen-bond donors (Lipinski definition) is 1. The largest absolute Gasteiger partial charge is 0.504 e. The lowest BCUT2D eigenvalue weighted by Crippen LogP contribution is -2.25. The maximum absolute atomic E-state index is 9.51. The van der Waals surface area contributed by atoms with Crippen molar-refractivity contribution in [3.8, 4) is 11.5 Å². The summed E-state index contributed by atoms with van der Waals surface area (Å²) in [4.78, 5) is 0. The number of phenolic OH excluding ortho intramolecular Hbond substituents is 1. The van der Waals surface area contributed by atoms with Crippen molar-refractivity contribution in [1.29, 1.82) is 0 Å². The molecule has 0 unspecified atom stereocenters. The van der Waals surface area contributed by atoms with Crippen LogP contribution in [0.1, 0.15) is 18.6 Å². The standard InChI is InChI=1S/C12H16O4/c1-8-6-15-7-16-12(8)9-3-4-10(13)11(5-9)14-2/h3-5,8,12-13H,6-7H2,1-2H3/t8-,12+/m1/s1. The highest BCUT2D eigenvalue weighted by atomic mass is 16.7. The molecular weight excluding hydrogens is 208 g/mol. The van der Waals surface area contributed by atoms with Crippen LogP contribution in [0.5, 0.6) is 11.5 Å². The number of hydrogen-bond acceptors (Lipinski definition) is 4. The molecule has 1 aliphatic heterocycles. The number of methoxy groups -OCH3 is 1. The van der Waals surface area contributed by atoms with Crippen LogP contribution in [-0.2, 0) is 9.47 Å². The van der Waals surface area contributed by atoms with Gasteiger partial charge in [-0.3, -0.25) is 0 Å². The van der Waals surface area contributed by atoms with Crippen LogP contribution < -0.4 is 4.74 Å². The van der Waals surface area contributed by atoms with Gasteiger partial charge in [0, 0.05) is 5.92 Å². The molecule has 1 fully saturated rings. The molecule has 2 atom stereocenters. The first-order valence-corrected chi connectivity index (χ1v) is 5.28. The molecule has 4 nitrogen and oxygen atoms in total. The van der Waals surface area contributed by atoms with Gasteiger partial charge in [-0.05, 0) is 17.7 Å². The van der Waals surface area contributed by atoms with E-state index in [9.17, 15) is 5.11 Å². The van der Waals surface area contributed by atoms with E-state index in [-0.39, 0.29) is 11.9 Å². The predicted octanol–water partition coefficient (Wildman–Crippen LogP) is 2.08. The fraction of sp³-hybridized carbons (Fsp3) is 0.500. The summed E-state index contributed by atoms with van der Waals surface area (Å²) in [6.07, 6.45) is 0.00301. The number of rotatable bonds is 2. The molecule has 88 valence electrons. The minimum absolute atomic E-state index is 0.00301. The quantitative estimate of drug-likeness (QED) is 0.835. The minimum atomic E-state index is 0.00301. The lowest BCUT2D eigenvalue weighted by atomic mass is 9.97.